The molecule has 0 saturated heterocycles. The highest BCUT2D eigenvalue weighted by Gasteiger charge is 2.21. The first-order valence-electron chi connectivity index (χ1n) is 5.57. The smallest absolute Gasteiger partial charge is 0.244 e. The van der Waals surface area contributed by atoms with E-state index >= 15 is 0 Å². The number of hydrogen-bond donors (Lipinski definition) is 2. The minimum atomic E-state index is -3.64. The third-order valence-corrected chi connectivity index (χ3v) is 4.50. The van der Waals surface area contributed by atoms with Crippen molar-refractivity contribution in [2.45, 2.75) is 11.3 Å². The van der Waals surface area contributed by atoms with E-state index in [0.717, 1.165) is 0 Å². The molecule has 0 bridgehead atoms. The first-order chi connectivity index (χ1) is 8.96. The van der Waals surface area contributed by atoms with Crippen LogP contribution in [0.3, 0.4) is 0 Å². The van der Waals surface area contributed by atoms with Gasteiger partial charge < -0.3 is 15.2 Å². The predicted octanol–water partition coefficient (Wildman–Crippen LogP) is 1.09. The molecule has 0 aliphatic rings. The average Bonchev–Trinajstić information content (AvgIpc) is 2.38. The van der Waals surface area contributed by atoms with E-state index in [4.69, 9.17) is 15.2 Å². The second-order valence-electron chi connectivity index (χ2n) is 3.68. The van der Waals surface area contributed by atoms with Gasteiger partial charge in [0, 0.05) is 12.6 Å². The van der Waals surface area contributed by atoms with Crippen LogP contribution in [0, 0.1) is 0 Å². The zero-order valence-electron chi connectivity index (χ0n) is 10.8. The van der Waals surface area contributed by atoms with Gasteiger partial charge in [-0.15, -0.1) is 0 Å². The van der Waals surface area contributed by atoms with Crippen molar-refractivity contribution in [2.24, 2.45) is 5.73 Å². The lowest BCUT2D eigenvalue weighted by molar-refractivity contribution is 0.384. The molecule has 0 unspecified atom stereocenters. The lowest BCUT2D eigenvalue weighted by Gasteiger charge is -2.13. The van der Waals surface area contributed by atoms with Crippen LogP contribution in [0.2, 0.25) is 0 Å². The minimum absolute atomic E-state index is 0.0553. The Morgan fingerprint density at radius 3 is 2.42 bits per heavy atom. The molecule has 1 aromatic carbocycles. The summed E-state index contributed by atoms with van der Waals surface area (Å²) in [7, 11) is -0.741. The van der Waals surface area contributed by atoms with E-state index in [1.165, 1.54) is 26.4 Å². The maximum atomic E-state index is 12.1. The van der Waals surface area contributed by atoms with Crippen molar-refractivity contribution in [2.75, 3.05) is 27.3 Å². The zero-order chi connectivity index (χ0) is 14.5. The van der Waals surface area contributed by atoms with Crippen molar-refractivity contribution in [3.8, 4) is 11.5 Å². The van der Waals surface area contributed by atoms with E-state index in [1.54, 1.807) is 0 Å². The molecule has 0 heterocycles. The van der Waals surface area contributed by atoms with Crippen LogP contribution in [0.4, 0.5) is 0 Å². The molecular formula is C11H17BrN2O4S. The number of hydrogen-bond acceptors (Lipinski definition) is 5. The Balaban J connectivity index is 3.14. The highest BCUT2D eigenvalue weighted by Crippen LogP contribution is 2.35. The summed E-state index contributed by atoms with van der Waals surface area (Å²) >= 11 is 3.25. The summed E-state index contributed by atoms with van der Waals surface area (Å²) in [5.74, 6) is 0.720. The van der Waals surface area contributed by atoms with Crippen LogP contribution >= 0.6 is 15.9 Å². The van der Waals surface area contributed by atoms with Crippen LogP contribution in [0.15, 0.2) is 21.5 Å². The highest BCUT2D eigenvalue weighted by atomic mass is 79.9. The van der Waals surface area contributed by atoms with Gasteiger partial charge in [0.2, 0.25) is 10.0 Å². The van der Waals surface area contributed by atoms with Gasteiger partial charge in [0.15, 0.2) is 0 Å². The van der Waals surface area contributed by atoms with Crippen molar-refractivity contribution in [1.82, 2.24) is 4.72 Å². The van der Waals surface area contributed by atoms with Crippen LogP contribution < -0.4 is 19.9 Å². The third kappa shape index (κ3) is 4.07. The fraction of sp³-hybridized carbons (Fsp3) is 0.455. The minimum Gasteiger partial charge on any atom is -0.495 e. The van der Waals surface area contributed by atoms with Gasteiger partial charge in [-0.05, 0) is 35.0 Å². The molecule has 0 saturated carbocycles. The van der Waals surface area contributed by atoms with Gasteiger partial charge in [-0.25, -0.2) is 13.1 Å². The summed E-state index contributed by atoms with van der Waals surface area (Å²) < 4.78 is 37.5. The van der Waals surface area contributed by atoms with E-state index in [2.05, 4.69) is 20.7 Å². The molecule has 8 heteroatoms. The molecule has 0 atom stereocenters. The summed E-state index contributed by atoms with van der Waals surface area (Å²) in [6, 6.07) is 2.96. The van der Waals surface area contributed by atoms with E-state index < -0.39 is 10.0 Å². The molecule has 0 spiro atoms. The van der Waals surface area contributed by atoms with Crippen LogP contribution in [0.5, 0.6) is 11.5 Å². The summed E-state index contributed by atoms with van der Waals surface area (Å²) in [6.45, 7) is 0.706. The molecule has 0 aliphatic carbocycles. The van der Waals surface area contributed by atoms with Gasteiger partial charge in [-0.1, -0.05) is 0 Å². The van der Waals surface area contributed by atoms with E-state index in [9.17, 15) is 8.42 Å². The van der Waals surface area contributed by atoms with E-state index in [-0.39, 0.29) is 17.2 Å². The number of sulfonamides is 1. The van der Waals surface area contributed by atoms with Crippen molar-refractivity contribution < 1.29 is 17.9 Å². The van der Waals surface area contributed by atoms with E-state index in [1.807, 2.05) is 0 Å². The molecule has 6 nitrogen and oxygen atoms in total. The maximum absolute atomic E-state index is 12.1. The van der Waals surface area contributed by atoms with Gasteiger partial charge in [0.1, 0.15) is 16.4 Å². The van der Waals surface area contributed by atoms with Crippen LogP contribution in [0.25, 0.3) is 0 Å². The van der Waals surface area contributed by atoms with Crippen molar-refractivity contribution >= 4 is 26.0 Å². The summed E-state index contributed by atoms with van der Waals surface area (Å²) in [4.78, 5) is 0.0553. The first kappa shape index (κ1) is 16.2. The normalized spacial score (nSPS) is 11.4. The van der Waals surface area contributed by atoms with Crippen molar-refractivity contribution in [1.29, 1.82) is 0 Å². The second-order valence-corrected chi connectivity index (χ2v) is 6.27. The van der Waals surface area contributed by atoms with Crippen LogP contribution in [-0.4, -0.2) is 35.7 Å². The standard InChI is InChI=1S/C11H17BrN2O4S/c1-17-9-7-10(18-2)11(6-8(9)12)19(15,16)14-5-3-4-13/h6-7,14H,3-5,13H2,1-2H3. The molecular weight excluding hydrogens is 336 g/mol. The molecule has 1 rings (SSSR count). The lowest BCUT2D eigenvalue weighted by atomic mass is 10.3. The Labute approximate surface area is 121 Å². The third-order valence-electron chi connectivity index (χ3n) is 2.40. The van der Waals surface area contributed by atoms with Gasteiger partial charge in [-0.2, -0.15) is 0 Å². The largest absolute Gasteiger partial charge is 0.495 e. The summed E-state index contributed by atoms with van der Waals surface area (Å²) in [5.41, 5.74) is 5.33. The highest BCUT2D eigenvalue weighted by molar-refractivity contribution is 9.10. The lowest BCUT2D eigenvalue weighted by Crippen LogP contribution is -2.26. The Morgan fingerprint density at radius 2 is 1.89 bits per heavy atom. The molecule has 0 aliphatic heterocycles. The van der Waals surface area contributed by atoms with E-state index in [0.29, 0.717) is 23.2 Å². The molecule has 1 aromatic rings. The number of nitrogens with two attached hydrogens (primary N) is 1. The molecule has 3 N–H and O–H groups in total. The Hall–Kier alpha value is -0.830. The monoisotopic (exact) mass is 352 g/mol. The molecule has 108 valence electrons. The molecule has 0 radical (unpaired) electrons. The van der Waals surface area contributed by atoms with Crippen LogP contribution in [0.1, 0.15) is 6.42 Å². The second kappa shape index (κ2) is 7.09. The molecule has 0 amide bonds. The van der Waals surface area contributed by atoms with Gasteiger partial charge in [0.05, 0.1) is 18.7 Å². The molecule has 19 heavy (non-hydrogen) atoms. The number of nitrogens with one attached hydrogen (secondary N) is 1. The average molecular weight is 353 g/mol. The zero-order valence-corrected chi connectivity index (χ0v) is 13.2. The Morgan fingerprint density at radius 1 is 1.26 bits per heavy atom. The van der Waals surface area contributed by atoms with Gasteiger partial charge >= 0.3 is 0 Å². The molecule has 0 aromatic heterocycles. The van der Waals surface area contributed by atoms with Crippen molar-refractivity contribution in [3.05, 3.63) is 16.6 Å². The number of benzene rings is 1. The quantitative estimate of drug-likeness (QED) is 0.717. The number of rotatable bonds is 7. The van der Waals surface area contributed by atoms with Crippen molar-refractivity contribution in [3.63, 3.8) is 0 Å². The number of methoxy groups -OCH3 is 2. The molecule has 0 fully saturated rings. The SMILES string of the molecule is COc1cc(OC)c(S(=O)(=O)NCCCN)cc1Br. The Bertz CT molecular complexity index is 534. The van der Waals surface area contributed by atoms with Crippen LogP contribution in [-0.2, 0) is 10.0 Å². The summed E-state index contributed by atoms with van der Waals surface area (Å²) in [5, 5.41) is 0. The number of halogens is 1. The maximum Gasteiger partial charge on any atom is 0.244 e. The number of ether oxygens (including phenoxy) is 2. The predicted molar refractivity (Wildman–Crippen MR) is 76.1 cm³/mol. The topological polar surface area (TPSA) is 90.6 Å². The van der Waals surface area contributed by atoms with Gasteiger partial charge in [0.25, 0.3) is 0 Å². The Kier molecular flexibility index (Phi) is 6.05. The fourth-order valence-corrected chi connectivity index (χ4v) is 3.33. The first-order valence-corrected chi connectivity index (χ1v) is 7.85. The fourth-order valence-electron chi connectivity index (χ4n) is 1.43. The summed E-state index contributed by atoms with van der Waals surface area (Å²) in [6.07, 6.45) is 0.568. The van der Waals surface area contributed by atoms with Gasteiger partial charge in [-0.3, -0.25) is 0 Å².